The van der Waals surface area contributed by atoms with Crippen LogP contribution in [0.25, 0.3) is 0 Å². The molecule has 2 aromatic rings. The Bertz CT molecular complexity index is 1160. The highest BCUT2D eigenvalue weighted by Gasteiger charge is 2.23. The lowest BCUT2D eigenvalue weighted by molar-refractivity contribution is -0.385. The molecule has 0 aliphatic carbocycles. The monoisotopic (exact) mass is 578 g/mol. The van der Waals surface area contributed by atoms with Crippen LogP contribution in [0.4, 0.5) is 31.0 Å². The summed E-state index contributed by atoms with van der Waals surface area (Å²) in [6.45, 7) is 10.1. The van der Waals surface area contributed by atoms with Gasteiger partial charge in [0, 0.05) is 76.2 Å². The van der Waals surface area contributed by atoms with Crippen molar-refractivity contribution in [2.45, 2.75) is 13.8 Å². The fraction of sp³-hybridized carbons (Fsp3) is 0.462. The van der Waals surface area contributed by atoms with E-state index in [9.17, 15) is 34.2 Å². The molecule has 4 rings (SSSR count). The zero-order valence-electron chi connectivity index (χ0n) is 23.1. The highest BCUT2D eigenvalue weighted by Crippen LogP contribution is 2.22. The molecule has 2 aliphatic heterocycles. The number of ether oxygens (including phenoxy) is 2. The van der Waals surface area contributed by atoms with Gasteiger partial charge in [0.2, 0.25) is 0 Å². The van der Waals surface area contributed by atoms with E-state index in [1.165, 1.54) is 18.2 Å². The summed E-state index contributed by atoms with van der Waals surface area (Å²) in [6.07, 6.45) is -0.486. The minimum atomic E-state index is -0.636. The highest BCUT2D eigenvalue weighted by molar-refractivity contribution is 5.68. The summed E-state index contributed by atoms with van der Waals surface area (Å²) in [4.78, 5) is 47.8. The Balaban J connectivity index is 0.000000236. The van der Waals surface area contributed by atoms with Crippen LogP contribution in [-0.4, -0.2) is 97.4 Å². The lowest BCUT2D eigenvalue weighted by Gasteiger charge is -2.35. The van der Waals surface area contributed by atoms with Crippen LogP contribution in [-0.2, 0) is 9.47 Å². The van der Waals surface area contributed by atoms with Crippen molar-refractivity contribution in [3.8, 4) is 0 Å². The number of rotatable bonds is 5. The Labute approximate surface area is 236 Å². The fourth-order valence-electron chi connectivity index (χ4n) is 3.82. The van der Waals surface area contributed by atoms with Gasteiger partial charge >= 0.3 is 12.2 Å². The highest BCUT2D eigenvalue weighted by atomic mass is 19.1. The molecule has 0 atom stereocenters. The molecule has 0 radical (unpaired) electrons. The number of carbonyl (C=O) groups is 2. The molecule has 0 spiro atoms. The SMILES string of the molecule is CCOC(=O)N1CCN(c2cccc([N+](=O)[O-])c2)CC1.CCOC(=O)N1CCNCC1.O=[N+]([O-])c1cccc(F)c1. The quantitative estimate of drug-likeness (QED) is 0.410. The minimum absolute atomic E-state index is 0.0790. The van der Waals surface area contributed by atoms with E-state index in [2.05, 4.69) is 5.32 Å². The van der Waals surface area contributed by atoms with Crippen molar-refractivity contribution >= 4 is 29.2 Å². The van der Waals surface area contributed by atoms with Crippen molar-refractivity contribution in [2.75, 3.05) is 70.5 Å². The molecule has 2 fully saturated rings. The largest absolute Gasteiger partial charge is 0.450 e. The van der Waals surface area contributed by atoms with Crippen LogP contribution in [0.15, 0.2) is 48.5 Å². The number of hydrogen-bond donors (Lipinski definition) is 1. The third-order valence-corrected chi connectivity index (χ3v) is 5.87. The van der Waals surface area contributed by atoms with Crippen LogP contribution in [0.5, 0.6) is 0 Å². The van der Waals surface area contributed by atoms with Gasteiger partial charge in [-0.05, 0) is 26.0 Å². The molecule has 1 N–H and O–H groups in total. The third-order valence-electron chi connectivity index (χ3n) is 5.87. The van der Waals surface area contributed by atoms with Gasteiger partial charge in [-0.3, -0.25) is 20.2 Å². The molecular formula is C26H35FN6O8. The Morgan fingerprint density at radius 3 is 1.76 bits per heavy atom. The number of hydrogen-bond acceptors (Lipinski definition) is 10. The average Bonchev–Trinajstić information content (AvgIpc) is 2.98. The van der Waals surface area contributed by atoms with Crippen molar-refractivity contribution in [3.63, 3.8) is 0 Å². The number of benzene rings is 2. The first kappa shape index (κ1) is 32.7. The van der Waals surface area contributed by atoms with Gasteiger partial charge in [0.25, 0.3) is 11.4 Å². The summed E-state index contributed by atoms with van der Waals surface area (Å²) in [5.74, 6) is -0.589. The normalized spacial score (nSPS) is 14.5. The number of amides is 2. The van der Waals surface area contributed by atoms with E-state index in [0.29, 0.717) is 39.4 Å². The van der Waals surface area contributed by atoms with E-state index in [1.54, 1.807) is 28.9 Å². The van der Waals surface area contributed by atoms with Crippen molar-refractivity contribution in [1.29, 1.82) is 0 Å². The number of piperazine rings is 2. The molecule has 0 bridgehead atoms. The van der Waals surface area contributed by atoms with Crippen LogP contribution in [0, 0.1) is 26.0 Å². The maximum atomic E-state index is 12.2. The summed E-state index contributed by atoms with van der Waals surface area (Å²) >= 11 is 0. The number of anilines is 1. The molecule has 0 saturated carbocycles. The number of nitrogens with zero attached hydrogens (tertiary/aromatic N) is 5. The zero-order chi connectivity index (χ0) is 30.2. The first-order valence-corrected chi connectivity index (χ1v) is 13.1. The fourth-order valence-corrected chi connectivity index (χ4v) is 3.82. The molecular weight excluding hydrogens is 543 g/mol. The Morgan fingerprint density at radius 1 is 0.805 bits per heavy atom. The van der Waals surface area contributed by atoms with E-state index in [0.717, 1.165) is 44.0 Å². The molecule has 0 unspecified atom stereocenters. The maximum absolute atomic E-state index is 12.2. The van der Waals surface area contributed by atoms with Gasteiger partial charge in [0.05, 0.1) is 29.1 Å². The van der Waals surface area contributed by atoms with E-state index >= 15 is 0 Å². The standard InChI is InChI=1S/C13H17N3O4.C7H14N2O2.C6H4FNO2/c1-2-20-13(17)15-8-6-14(7-9-15)11-4-3-5-12(10-11)16(18)19;1-2-11-7(10)9-5-3-8-4-6-9;7-5-2-1-3-6(4-5)8(9)10/h3-5,10H,2,6-9H2,1H3;8H,2-6H2,1H3;1-4H. The topological polar surface area (TPSA) is 161 Å². The zero-order valence-corrected chi connectivity index (χ0v) is 23.1. The van der Waals surface area contributed by atoms with Gasteiger partial charge in [-0.1, -0.05) is 12.1 Å². The molecule has 0 aromatic heterocycles. The molecule has 224 valence electrons. The Morgan fingerprint density at radius 2 is 1.29 bits per heavy atom. The van der Waals surface area contributed by atoms with Crippen LogP contribution in [0.1, 0.15) is 13.8 Å². The molecule has 2 saturated heterocycles. The summed E-state index contributed by atoms with van der Waals surface area (Å²) in [7, 11) is 0. The van der Waals surface area contributed by atoms with Crippen molar-refractivity contribution in [1.82, 2.24) is 15.1 Å². The molecule has 2 amide bonds. The summed E-state index contributed by atoms with van der Waals surface area (Å²) < 4.78 is 22.0. The van der Waals surface area contributed by atoms with Crippen LogP contribution in [0.3, 0.4) is 0 Å². The van der Waals surface area contributed by atoms with Gasteiger partial charge in [-0.25, -0.2) is 14.0 Å². The Kier molecular flexibility index (Phi) is 13.7. The average molecular weight is 579 g/mol. The van der Waals surface area contributed by atoms with Crippen molar-refractivity contribution in [2.24, 2.45) is 0 Å². The van der Waals surface area contributed by atoms with Gasteiger partial charge < -0.3 is 29.5 Å². The van der Waals surface area contributed by atoms with E-state index in [1.807, 2.05) is 17.9 Å². The van der Waals surface area contributed by atoms with Gasteiger partial charge in [0.15, 0.2) is 0 Å². The minimum Gasteiger partial charge on any atom is -0.450 e. The van der Waals surface area contributed by atoms with Gasteiger partial charge in [-0.15, -0.1) is 0 Å². The Hall–Kier alpha value is -4.53. The summed E-state index contributed by atoms with van der Waals surface area (Å²) in [5, 5.41) is 23.9. The van der Waals surface area contributed by atoms with E-state index in [4.69, 9.17) is 9.47 Å². The number of non-ortho nitro benzene ring substituents is 2. The second-order valence-corrected chi connectivity index (χ2v) is 8.62. The third kappa shape index (κ3) is 11.2. The van der Waals surface area contributed by atoms with Gasteiger partial charge in [0.1, 0.15) is 5.82 Å². The van der Waals surface area contributed by atoms with Crippen LogP contribution in [0.2, 0.25) is 0 Å². The predicted octanol–water partition coefficient (Wildman–Crippen LogP) is 3.66. The van der Waals surface area contributed by atoms with Crippen LogP contribution < -0.4 is 10.2 Å². The van der Waals surface area contributed by atoms with E-state index in [-0.39, 0.29) is 23.6 Å². The molecule has 41 heavy (non-hydrogen) atoms. The van der Waals surface area contributed by atoms with Crippen molar-refractivity contribution < 1.29 is 33.3 Å². The smallest absolute Gasteiger partial charge is 0.409 e. The first-order chi connectivity index (χ1) is 19.7. The lowest BCUT2D eigenvalue weighted by Crippen LogP contribution is -2.49. The predicted molar refractivity (Wildman–Crippen MR) is 148 cm³/mol. The molecule has 14 nitrogen and oxygen atoms in total. The summed E-state index contributed by atoms with van der Waals surface area (Å²) in [5.41, 5.74) is 0.665. The number of halogens is 1. The van der Waals surface area contributed by atoms with Crippen LogP contribution >= 0.6 is 0 Å². The lowest BCUT2D eigenvalue weighted by atomic mass is 10.2. The molecule has 2 heterocycles. The van der Waals surface area contributed by atoms with Gasteiger partial charge in [-0.2, -0.15) is 0 Å². The maximum Gasteiger partial charge on any atom is 0.409 e. The molecule has 2 aliphatic rings. The van der Waals surface area contributed by atoms with Crippen molar-refractivity contribution in [3.05, 3.63) is 74.6 Å². The molecule has 2 aromatic carbocycles. The second kappa shape index (κ2) is 17.2. The second-order valence-electron chi connectivity index (χ2n) is 8.62. The first-order valence-electron chi connectivity index (χ1n) is 13.1. The number of nitro benzene ring substituents is 2. The summed E-state index contributed by atoms with van der Waals surface area (Å²) in [6, 6.07) is 11.1. The number of nitro groups is 2. The van der Waals surface area contributed by atoms with E-state index < -0.39 is 15.7 Å². The number of carbonyl (C=O) groups excluding carboxylic acids is 2. The number of nitrogens with one attached hydrogen (secondary N) is 1. The molecule has 15 heteroatoms.